The van der Waals surface area contributed by atoms with Crippen molar-refractivity contribution in [3.8, 4) is 61.9 Å². The number of hydrogen-bond donors (Lipinski definition) is 1. The van der Waals surface area contributed by atoms with Crippen molar-refractivity contribution in [1.82, 2.24) is 14.4 Å². The van der Waals surface area contributed by atoms with Gasteiger partial charge in [-0.2, -0.15) is 0 Å². The summed E-state index contributed by atoms with van der Waals surface area (Å²) in [5.41, 5.74) is 13.2. The van der Waals surface area contributed by atoms with Crippen LogP contribution in [0, 0.1) is 26.8 Å². The third-order valence-electron chi connectivity index (χ3n) is 8.01. The third-order valence-corrected chi connectivity index (χ3v) is 8.01. The van der Waals surface area contributed by atoms with Crippen molar-refractivity contribution in [3.05, 3.63) is 144 Å². The molecule has 0 amide bonds. The Balaban J connectivity index is 0.00000343. The molecule has 7 rings (SSSR count). The molecule has 44 heavy (non-hydrogen) atoms. The van der Waals surface area contributed by atoms with Crippen molar-refractivity contribution in [3.63, 3.8) is 0 Å². The van der Waals surface area contributed by atoms with E-state index >= 15 is 0 Å². The van der Waals surface area contributed by atoms with E-state index in [9.17, 15) is 5.11 Å². The number of phenols is 1. The van der Waals surface area contributed by atoms with Gasteiger partial charge in [-0.25, -0.2) is 0 Å². The maximum Gasteiger partial charge on any atom is 0.129 e. The molecule has 3 heterocycles. The van der Waals surface area contributed by atoms with Crippen LogP contribution in [0.5, 0.6) is 5.75 Å². The van der Waals surface area contributed by atoms with Crippen LogP contribution in [0.3, 0.4) is 0 Å². The molecule has 0 bridgehead atoms. The number of hydrogen-bond acceptors (Lipinski definition) is 3. The van der Waals surface area contributed by atoms with E-state index in [4.69, 9.17) is 9.97 Å². The third kappa shape index (κ3) is 5.27. The Morgan fingerprint density at radius 3 is 2.07 bits per heavy atom. The zero-order chi connectivity index (χ0) is 29.5. The maximum atomic E-state index is 11.0. The predicted octanol–water partition coefficient (Wildman–Crippen LogP) is 9.49. The monoisotopic (exact) mass is 751 g/mol. The van der Waals surface area contributed by atoms with Gasteiger partial charge in [0.25, 0.3) is 0 Å². The molecule has 0 unspecified atom stereocenters. The Bertz CT molecular complexity index is 2110. The zero-order valence-corrected chi connectivity index (χ0v) is 26.9. The van der Waals surface area contributed by atoms with Gasteiger partial charge in [0.1, 0.15) is 11.4 Å². The van der Waals surface area contributed by atoms with E-state index in [1.165, 1.54) is 16.7 Å². The summed E-state index contributed by atoms with van der Waals surface area (Å²) in [6.07, 6.45) is 2.05. The molecule has 0 aliphatic heterocycles. The van der Waals surface area contributed by atoms with Gasteiger partial charge in [-0.3, -0.25) is 9.97 Å². The molecule has 1 N–H and O–H groups in total. The van der Waals surface area contributed by atoms with E-state index in [2.05, 4.69) is 72.8 Å². The van der Waals surface area contributed by atoms with Crippen LogP contribution in [-0.4, -0.2) is 19.5 Å². The summed E-state index contributed by atoms with van der Waals surface area (Å²) in [5.74, 6) is 0.245. The molecule has 7 aromatic rings. The van der Waals surface area contributed by atoms with Crippen LogP contribution in [0.15, 0.2) is 121 Å². The van der Waals surface area contributed by atoms with E-state index in [1.807, 2.05) is 79.9 Å². The number of pyridine rings is 2. The number of para-hydroxylation sites is 1. The summed E-state index contributed by atoms with van der Waals surface area (Å²) >= 11 is 0. The fourth-order valence-corrected chi connectivity index (χ4v) is 5.90. The molecule has 0 fully saturated rings. The quantitative estimate of drug-likeness (QED) is 0.179. The molecule has 218 valence electrons. The van der Waals surface area contributed by atoms with E-state index in [-0.39, 0.29) is 26.8 Å². The van der Waals surface area contributed by atoms with Gasteiger partial charge >= 0.3 is 0 Å². The molecule has 0 saturated heterocycles. The van der Waals surface area contributed by atoms with E-state index in [0.717, 1.165) is 50.5 Å². The smallest absolute Gasteiger partial charge is 0.129 e. The second-order valence-corrected chi connectivity index (χ2v) is 10.9. The van der Waals surface area contributed by atoms with E-state index in [1.54, 1.807) is 0 Å². The van der Waals surface area contributed by atoms with Gasteiger partial charge in [-0.1, -0.05) is 83.9 Å². The number of nitrogens with zero attached hydrogens (tertiary/aromatic N) is 3. The Labute approximate surface area is 272 Å². The van der Waals surface area contributed by atoms with Crippen LogP contribution in [0.4, 0.5) is 0 Å². The summed E-state index contributed by atoms with van der Waals surface area (Å²) in [7, 11) is 0. The number of fused-ring (bicyclic) bond motifs is 1. The van der Waals surface area contributed by atoms with Gasteiger partial charge < -0.3 is 9.51 Å². The Morgan fingerprint density at radius 2 is 1.27 bits per heavy atom. The van der Waals surface area contributed by atoms with Crippen molar-refractivity contribution in [2.45, 2.75) is 20.8 Å². The first kappa shape index (κ1) is 29.3. The van der Waals surface area contributed by atoms with E-state index in [0.29, 0.717) is 11.3 Å². The molecule has 4 nitrogen and oxygen atoms in total. The number of phenolic OH excluding ortho intramolecular Hbond substituents is 1. The maximum absolute atomic E-state index is 11.0. The van der Waals surface area contributed by atoms with Crippen LogP contribution in [-0.2, 0) is 21.1 Å². The Kier molecular flexibility index (Phi) is 8.03. The molecule has 0 radical (unpaired) electrons. The summed E-state index contributed by atoms with van der Waals surface area (Å²) in [6, 6.07) is 42.5. The molecular formula is C39H30N3OPt-. The molecule has 0 atom stereocenters. The van der Waals surface area contributed by atoms with Gasteiger partial charge in [-0.05, 0) is 78.4 Å². The SMILES string of the molecule is Cc1cccc(-c2cc(-c3c(C)cccc3C)cc(-c3[c-]c(-c4nc5ccccn5c4-c4ccccc4)ccc3)n2)c1O.[Pt]. The summed E-state index contributed by atoms with van der Waals surface area (Å²) in [6.45, 7) is 6.17. The summed E-state index contributed by atoms with van der Waals surface area (Å²) < 4.78 is 2.13. The molecule has 0 aliphatic carbocycles. The van der Waals surface area contributed by atoms with Gasteiger partial charge in [0, 0.05) is 49.9 Å². The van der Waals surface area contributed by atoms with Gasteiger partial charge in [0.05, 0.1) is 5.69 Å². The van der Waals surface area contributed by atoms with Crippen molar-refractivity contribution < 1.29 is 26.2 Å². The normalized spacial score (nSPS) is 11.0. The average molecular weight is 752 g/mol. The molecule has 4 aromatic carbocycles. The Hall–Kier alpha value is -4.79. The van der Waals surface area contributed by atoms with Crippen LogP contribution >= 0.6 is 0 Å². The molecule has 0 aliphatic rings. The van der Waals surface area contributed by atoms with Crippen LogP contribution in [0.1, 0.15) is 16.7 Å². The fraction of sp³-hybridized carbons (Fsp3) is 0.0769. The average Bonchev–Trinajstić information content (AvgIpc) is 3.42. The number of aromatic nitrogens is 3. The standard InChI is InChI=1S/C39H30N3O.Pt/c1-25-12-9-13-26(2)36(25)31-23-33(40-34(24-31)32-19-10-14-27(3)39(32)43)29-17-11-18-30(22-29)37-38(28-15-5-4-6-16-28)42-21-8-7-20-35(42)41-37;/h4-21,23-24,43H,1-3H3;/q-1;. The largest absolute Gasteiger partial charge is 0.507 e. The molecule has 5 heteroatoms. The molecule has 3 aromatic heterocycles. The number of aromatic hydroxyl groups is 1. The van der Waals surface area contributed by atoms with Crippen LogP contribution in [0.2, 0.25) is 0 Å². The minimum Gasteiger partial charge on any atom is -0.507 e. The fourth-order valence-electron chi connectivity index (χ4n) is 5.90. The van der Waals surface area contributed by atoms with Gasteiger partial charge in [-0.15, -0.1) is 24.3 Å². The van der Waals surface area contributed by atoms with E-state index < -0.39 is 0 Å². The first-order valence-electron chi connectivity index (χ1n) is 14.4. The van der Waals surface area contributed by atoms with Crippen LogP contribution < -0.4 is 0 Å². The number of imidazole rings is 1. The van der Waals surface area contributed by atoms with Crippen molar-refractivity contribution in [2.24, 2.45) is 0 Å². The first-order chi connectivity index (χ1) is 21.0. The van der Waals surface area contributed by atoms with Gasteiger partial charge in [0.15, 0.2) is 0 Å². The second-order valence-electron chi connectivity index (χ2n) is 10.9. The molecule has 0 saturated carbocycles. The van der Waals surface area contributed by atoms with Crippen LogP contribution in [0.25, 0.3) is 61.8 Å². The second kappa shape index (κ2) is 12.1. The predicted molar refractivity (Wildman–Crippen MR) is 175 cm³/mol. The zero-order valence-electron chi connectivity index (χ0n) is 24.7. The summed E-state index contributed by atoms with van der Waals surface area (Å²) in [5, 5.41) is 11.0. The summed E-state index contributed by atoms with van der Waals surface area (Å²) in [4.78, 5) is 10.1. The van der Waals surface area contributed by atoms with Crippen molar-refractivity contribution in [1.29, 1.82) is 0 Å². The first-order valence-corrected chi connectivity index (χ1v) is 14.4. The number of aryl methyl sites for hydroxylation is 3. The van der Waals surface area contributed by atoms with Crippen molar-refractivity contribution >= 4 is 5.65 Å². The Morgan fingerprint density at radius 1 is 0.614 bits per heavy atom. The number of benzene rings is 4. The number of rotatable bonds is 5. The van der Waals surface area contributed by atoms with Gasteiger partial charge in [0.2, 0.25) is 0 Å². The van der Waals surface area contributed by atoms with Crippen molar-refractivity contribution in [2.75, 3.05) is 0 Å². The topological polar surface area (TPSA) is 50.4 Å². The minimum atomic E-state index is 0. The minimum absolute atomic E-state index is 0. The molecule has 0 spiro atoms. The molecular weight excluding hydrogens is 722 g/mol.